The Kier molecular flexibility index (Phi) is 5.65. The molecule has 3 atom stereocenters. The number of aromatic nitrogens is 3. The first-order valence-corrected chi connectivity index (χ1v) is 9.03. The molecule has 2 fully saturated rings. The summed E-state index contributed by atoms with van der Waals surface area (Å²) in [7, 11) is 0. The lowest BCUT2D eigenvalue weighted by Crippen LogP contribution is -2.42. The molecule has 6 nitrogen and oxygen atoms in total. The SMILES string of the molecule is CC(CC(=O)N1CCCC(Cn2cncn2)C1)C1CCCNC1. The zero-order chi connectivity index (χ0) is 16.1. The van der Waals surface area contributed by atoms with Gasteiger partial charge in [0.1, 0.15) is 12.7 Å². The highest BCUT2D eigenvalue weighted by molar-refractivity contribution is 5.76. The van der Waals surface area contributed by atoms with Crippen LogP contribution in [0.1, 0.15) is 39.0 Å². The molecule has 0 aliphatic carbocycles. The van der Waals surface area contributed by atoms with Crippen molar-refractivity contribution in [3.05, 3.63) is 12.7 Å². The van der Waals surface area contributed by atoms with Crippen molar-refractivity contribution in [1.82, 2.24) is 25.0 Å². The van der Waals surface area contributed by atoms with Crippen LogP contribution in [0.5, 0.6) is 0 Å². The lowest BCUT2D eigenvalue weighted by molar-refractivity contribution is -0.134. The molecule has 3 heterocycles. The molecule has 0 bridgehead atoms. The highest BCUT2D eigenvalue weighted by atomic mass is 16.2. The first-order valence-electron chi connectivity index (χ1n) is 9.03. The van der Waals surface area contributed by atoms with E-state index in [9.17, 15) is 4.79 Å². The van der Waals surface area contributed by atoms with Crippen LogP contribution in [0.2, 0.25) is 0 Å². The second-order valence-corrected chi connectivity index (χ2v) is 7.25. The summed E-state index contributed by atoms with van der Waals surface area (Å²) in [6.07, 6.45) is 8.81. The third-order valence-corrected chi connectivity index (χ3v) is 5.42. The van der Waals surface area contributed by atoms with Crippen molar-refractivity contribution < 1.29 is 4.79 Å². The number of hydrogen-bond donors (Lipinski definition) is 1. The minimum Gasteiger partial charge on any atom is -0.342 e. The molecular formula is C17H29N5O. The third kappa shape index (κ3) is 4.53. The maximum atomic E-state index is 12.7. The van der Waals surface area contributed by atoms with E-state index in [0.717, 1.165) is 39.1 Å². The van der Waals surface area contributed by atoms with Gasteiger partial charge in [-0.1, -0.05) is 6.92 Å². The molecule has 0 spiro atoms. The van der Waals surface area contributed by atoms with Crippen LogP contribution >= 0.6 is 0 Å². The van der Waals surface area contributed by atoms with E-state index in [4.69, 9.17) is 0 Å². The van der Waals surface area contributed by atoms with E-state index in [1.165, 1.54) is 19.3 Å². The van der Waals surface area contributed by atoms with Crippen molar-refractivity contribution in [3.63, 3.8) is 0 Å². The Hall–Kier alpha value is -1.43. The Balaban J connectivity index is 1.48. The largest absolute Gasteiger partial charge is 0.342 e. The highest BCUT2D eigenvalue weighted by Crippen LogP contribution is 2.25. The van der Waals surface area contributed by atoms with Crippen LogP contribution < -0.4 is 5.32 Å². The van der Waals surface area contributed by atoms with Gasteiger partial charge in [-0.2, -0.15) is 5.10 Å². The summed E-state index contributed by atoms with van der Waals surface area (Å²) >= 11 is 0. The van der Waals surface area contributed by atoms with Gasteiger partial charge in [0.2, 0.25) is 5.91 Å². The molecule has 128 valence electrons. The Morgan fingerprint density at radius 3 is 3.04 bits per heavy atom. The van der Waals surface area contributed by atoms with E-state index in [1.54, 1.807) is 12.7 Å². The minimum absolute atomic E-state index is 0.339. The molecule has 0 radical (unpaired) electrons. The van der Waals surface area contributed by atoms with Crippen molar-refractivity contribution >= 4 is 5.91 Å². The summed E-state index contributed by atoms with van der Waals surface area (Å²) < 4.78 is 1.88. The summed E-state index contributed by atoms with van der Waals surface area (Å²) in [6.45, 7) is 7.10. The number of piperidine rings is 2. The van der Waals surface area contributed by atoms with Crippen molar-refractivity contribution in [3.8, 4) is 0 Å². The van der Waals surface area contributed by atoms with E-state index in [-0.39, 0.29) is 0 Å². The van der Waals surface area contributed by atoms with Crippen molar-refractivity contribution in [2.45, 2.75) is 45.6 Å². The molecule has 0 saturated carbocycles. The Bertz CT molecular complexity index is 483. The van der Waals surface area contributed by atoms with Gasteiger partial charge in [-0.25, -0.2) is 4.98 Å². The first-order chi connectivity index (χ1) is 11.2. The number of nitrogens with one attached hydrogen (secondary N) is 1. The van der Waals surface area contributed by atoms with Crippen molar-refractivity contribution in [2.24, 2.45) is 17.8 Å². The average Bonchev–Trinajstić information content (AvgIpc) is 3.09. The van der Waals surface area contributed by atoms with Gasteiger partial charge in [-0.15, -0.1) is 0 Å². The predicted octanol–water partition coefficient (Wildman–Crippen LogP) is 1.54. The number of carbonyl (C=O) groups is 1. The quantitative estimate of drug-likeness (QED) is 0.894. The minimum atomic E-state index is 0.339. The molecule has 1 aromatic rings. The molecular weight excluding hydrogens is 290 g/mol. The summed E-state index contributed by atoms with van der Waals surface area (Å²) in [4.78, 5) is 18.7. The second kappa shape index (κ2) is 7.90. The molecule has 0 aromatic carbocycles. The first kappa shape index (κ1) is 16.4. The zero-order valence-electron chi connectivity index (χ0n) is 14.2. The van der Waals surface area contributed by atoms with Crippen LogP contribution in [0, 0.1) is 17.8 Å². The van der Waals surface area contributed by atoms with Crippen molar-refractivity contribution in [2.75, 3.05) is 26.2 Å². The molecule has 6 heteroatoms. The van der Waals surface area contributed by atoms with Crippen LogP contribution in [0.3, 0.4) is 0 Å². The summed E-state index contributed by atoms with van der Waals surface area (Å²) in [6, 6.07) is 0. The van der Waals surface area contributed by atoms with Gasteiger partial charge >= 0.3 is 0 Å². The maximum absolute atomic E-state index is 12.7. The number of likely N-dealkylation sites (tertiary alicyclic amines) is 1. The number of nitrogens with zero attached hydrogens (tertiary/aromatic N) is 4. The summed E-state index contributed by atoms with van der Waals surface area (Å²) in [5, 5.41) is 7.64. The monoisotopic (exact) mass is 319 g/mol. The predicted molar refractivity (Wildman–Crippen MR) is 88.7 cm³/mol. The van der Waals surface area contributed by atoms with E-state index in [0.29, 0.717) is 30.1 Å². The summed E-state index contributed by atoms with van der Waals surface area (Å²) in [5.41, 5.74) is 0. The average molecular weight is 319 g/mol. The van der Waals surface area contributed by atoms with Crippen molar-refractivity contribution in [1.29, 1.82) is 0 Å². The van der Waals surface area contributed by atoms with Crippen LogP contribution in [0.15, 0.2) is 12.7 Å². The fourth-order valence-electron chi connectivity index (χ4n) is 3.97. The van der Waals surface area contributed by atoms with Crippen LogP contribution in [-0.4, -0.2) is 51.8 Å². The number of amides is 1. The molecule has 2 saturated heterocycles. The molecule has 2 aliphatic rings. The molecule has 1 amide bonds. The molecule has 1 N–H and O–H groups in total. The van der Waals surface area contributed by atoms with E-state index in [2.05, 4.69) is 27.2 Å². The topological polar surface area (TPSA) is 63.1 Å². The van der Waals surface area contributed by atoms with E-state index in [1.807, 2.05) is 4.68 Å². The smallest absolute Gasteiger partial charge is 0.222 e. The van der Waals surface area contributed by atoms with Crippen LogP contribution in [-0.2, 0) is 11.3 Å². The Morgan fingerprint density at radius 1 is 1.39 bits per heavy atom. The number of rotatable bonds is 5. The highest BCUT2D eigenvalue weighted by Gasteiger charge is 2.27. The van der Waals surface area contributed by atoms with E-state index < -0.39 is 0 Å². The Labute approximate surface area is 138 Å². The van der Waals surface area contributed by atoms with Gasteiger partial charge in [0.05, 0.1) is 0 Å². The Morgan fingerprint density at radius 2 is 2.30 bits per heavy atom. The lowest BCUT2D eigenvalue weighted by atomic mass is 9.85. The maximum Gasteiger partial charge on any atom is 0.222 e. The van der Waals surface area contributed by atoms with Crippen LogP contribution in [0.4, 0.5) is 0 Å². The van der Waals surface area contributed by atoms with Gasteiger partial charge in [0.15, 0.2) is 0 Å². The molecule has 1 aromatic heterocycles. The molecule has 3 rings (SSSR count). The number of carbonyl (C=O) groups excluding carboxylic acids is 1. The third-order valence-electron chi connectivity index (χ3n) is 5.42. The van der Waals surface area contributed by atoms with Gasteiger partial charge < -0.3 is 10.2 Å². The van der Waals surface area contributed by atoms with Gasteiger partial charge in [-0.05, 0) is 56.5 Å². The fraction of sp³-hybridized carbons (Fsp3) is 0.824. The molecule has 3 unspecified atom stereocenters. The standard InChI is InChI=1S/C17H29N5O/c1-14(16-5-2-6-18-9-16)8-17(23)21-7-3-4-15(10-21)11-22-13-19-12-20-22/h12-16,18H,2-11H2,1H3. The molecule has 23 heavy (non-hydrogen) atoms. The van der Waals surface area contributed by atoms with Gasteiger partial charge in [0.25, 0.3) is 0 Å². The van der Waals surface area contributed by atoms with Gasteiger partial charge in [-0.3, -0.25) is 9.48 Å². The van der Waals surface area contributed by atoms with E-state index >= 15 is 0 Å². The zero-order valence-corrected chi connectivity index (χ0v) is 14.2. The van der Waals surface area contributed by atoms with Gasteiger partial charge in [0, 0.05) is 26.1 Å². The molecule has 2 aliphatic heterocycles. The van der Waals surface area contributed by atoms with Crippen LogP contribution in [0.25, 0.3) is 0 Å². The number of hydrogen-bond acceptors (Lipinski definition) is 4. The lowest BCUT2D eigenvalue weighted by Gasteiger charge is -2.35. The second-order valence-electron chi connectivity index (χ2n) is 7.25. The fourth-order valence-corrected chi connectivity index (χ4v) is 3.97. The summed E-state index contributed by atoms with van der Waals surface area (Å²) in [5.74, 6) is 1.97. The normalized spacial score (nSPS) is 26.9.